The van der Waals surface area contributed by atoms with Gasteiger partial charge in [0.15, 0.2) is 0 Å². The molecule has 0 saturated heterocycles. The van der Waals surface area contributed by atoms with Crippen molar-refractivity contribution >= 4 is 15.9 Å². The van der Waals surface area contributed by atoms with Gasteiger partial charge in [0.25, 0.3) is 0 Å². The molecule has 2 nitrogen and oxygen atoms in total. The Labute approximate surface area is 99.4 Å². The molecule has 1 aromatic rings. The number of hydrogen-bond acceptors (Lipinski definition) is 2. The average Bonchev–Trinajstić information content (AvgIpc) is 2.26. The number of rotatable bonds is 6. The molecule has 3 heteroatoms. The maximum absolute atomic E-state index is 9.11. The summed E-state index contributed by atoms with van der Waals surface area (Å²) in [6, 6.07) is 7.76. The molecule has 84 valence electrons. The summed E-state index contributed by atoms with van der Waals surface area (Å²) >= 11 is 3.42. The summed E-state index contributed by atoms with van der Waals surface area (Å²) in [4.78, 5) is 0. The Morgan fingerprint density at radius 3 is 2.73 bits per heavy atom. The van der Waals surface area contributed by atoms with Gasteiger partial charge in [-0.15, -0.1) is 0 Å². The molecule has 0 aliphatic rings. The molecule has 0 aliphatic heterocycles. The summed E-state index contributed by atoms with van der Waals surface area (Å²) < 4.78 is 6.59. The molecular weight excluding hydrogens is 256 g/mol. The number of hydrogen-bond donors (Lipinski definition) is 1. The lowest BCUT2D eigenvalue weighted by Gasteiger charge is -2.14. The van der Waals surface area contributed by atoms with Crippen LogP contribution >= 0.6 is 15.9 Å². The number of ether oxygens (including phenoxy) is 1. The number of aliphatic hydroxyl groups is 1. The largest absolute Gasteiger partial charge is 0.492 e. The number of para-hydroxylation sites is 1. The quantitative estimate of drug-likeness (QED) is 0.862. The van der Waals surface area contributed by atoms with E-state index in [-0.39, 0.29) is 12.5 Å². The Morgan fingerprint density at radius 1 is 1.40 bits per heavy atom. The minimum absolute atomic E-state index is 0.193. The van der Waals surface area contributed by atoms with Crippen LogP contribution in [0.5, 0.6) is 5.75 Å². The highest BCUT2D eigenvalue weighted by atomic mass is 79.9. The van der Waals surface area contributed by atoms with Crippen molar-refractivity contribution in [3.05, 3.63) is 28.7 Å². The molecule has 0 spiro atoms. The van der Waals surface area contributed by atoms with Crippen LogP contribution in [0.2, 0.25) is 0 Å². The van der Waals surface area contributed by atoms with E-state index in [4.69, 9.17) is 9.84 Å². The maximum Gasteiger partial charge on any atom is 0.133 e. The summed E-state index contributed by atoms with van der Waals surface area (Å²) in [6.07, 6.45) is 2.07. The smallest absolute Gasteiger partial charge is 0.133 e. The lowest BCUT2D eigenvalue weighted by Crippen LogP contribution is -2.15. The summed E-state index contributed by atoms with van der Waals surface area (Å²) in [7, 11) is 0. The van der Waals surface area contributed by atoms with E-state index in [9.17, 15) is 0 Å². The second-order valence-corrected chi connectivity index (χ2v) is 4.43. The van der Waals surface area contributed by atoms with Crippen LogP contribution in [0.25, 0.3) is 0 Å². The minimum atomic E-state index is 0.193. The van der Waals surface area contributed by atoms with Crippen LogP contribution in [-0.4, -0.2) is 18.3 Å². The van der Waals surface area contributed by atoms with E-state index in [0.29, 0.717) is 6.61 Å². The van der Waals surface area contributed by atoms with Crippen molar-refractivity contribution in [2.75, 3.05) is 13.2 Å². The van der Waals surface area contributed by atoms with Gasteiger partial charge < -0.3 is 9.84 Å². The zero-order chi connectivity index (χ0) is 11.1. The summed E-state index contributed by atoms with van der Waals surface area (Å²) in [5.41, 5.74) is 0. The summed E-state index contributed by atoms with van der Waals surface area (Å²) in [5.74, 6) is 1.08. The van der Waals surface area contributed by atoms with Gasteiger partial charge in [0, 0.05) is 12.5 Å². The van der Waals surface area contributed by atoms with Crippen molar-refractivity contribution < 1.29 is 9.84 Å². The molecular formula is C12H17BrO2. The molecule has 0 bridgehead atoms. The van der Waals surface area contributed by atoms with Crippen LogP contribution < -0.4 is 4.74 Å². The van der Waals surface area contributed by atoms with E-state index < -0.39 is 0 Å². The number of aliphatic hydroxyl groups excluding tert-OH is 1. The second-order valence-electron chi connectivity index (χ2n) is 3.58. The van der Waals surface area contributed by atoms with E-state index in [1.165, 1.54) is 0 Å². The monoisotopic (exact) mass is 272 g/mol. The Bertz CT molecular complexity index is 289. The van der Waals surface area contributed by atoms with E-state index in [2.05, 4.69) is 22.9 Å². The van der Waals surface area contributed by atoms with Gasteiger partial charge in [0.05, 0.1) is 11.1 Å². The molecule has 0 saturated carbocycles. The van der Waals surface area contributed by atoms with Crippen molar-refractivity contribution in [1.29, 1.82) is 0 Å². The minimum Gasteiger partial charge on any atom is -0.492 e. The zero-order valence-corrected chi connectivity index (χ0v) is 10.5. The number of halogens is 1. The van der Waals surface area contributed by atoms with Crippen LogP contribution in [-0.2, 0) is 0 Å². The SMILES string of the molecule is CCCC(CO)COc1ccccc1Br. The molecule has 0 heterocycles. The first-order chi connectivity index (χ1) is 7.27. The molecule has 0 aliphatic carbocycles. The number of benzene rings is 1. The topological polar surface area (TPSA) is 29.5 Å². The highest BCUT2D eigenvalue weighted by Crippen LogP contribution is 2.24. The lowest BCUT2D eigenvalue weighted by molar-refractivity contribution is 0.155. The molecule has 1 aromatic carbocycles. The first-order valence-electron chi connectivity index (χ1n) is 5.26. The summed E-state index contributed by atoms with van der Waals surface area (Å²) in [5, 5.41) is 9.11. The fourth-order valence-electron chi connectivity index (χ4n) is 1.40. The van der Waals surface area contributed by atoms with Gasteiger partial charge in [-0.05, 0) is 34.5 Å². The van der Waals surface area contributed by atoms with E-state index in [1.54, 1.807) is 0 Å². The van der Waals surface area contributed by atoms with Gasteiger partial charge >= 0.3 is 0 Å². The maximum atomic E-state index is 9.11. The third kappa shape index (κ3) is 4.22. The summed E-state index contributed by atoms with van der Waals surface area (Å²) in [6.45, 7) is 2.88. The van der Waals surface area contributed by atoms with E-state index >= 15 is 0 Å². The van der Waals surface area contributed by atoms with Gasteiger partial charge in [0.1, 0.15) is 5.75 Å². The molecule has 1 rings (SSSR count). The van der Waals surface area contributed by atoms with Crippen LogP contribution in [0.15, 0.2) is 28.7 Å². The van der Waals surface area contributed by atoms with Crippen molar-refractivity contribution in [3.63, 3.8) is 0 Å². The molecule has 15 heavy (non-hydrogen) atoms. The van der Waals surface area contributed by atoms with Crippen molar-refractivity contribution in [2.45, 2.75) is 19.8 Å². The van der Waals surface area contributed by atoms with E-state index in [1.807, 2.05) is 24.3 Å². The lowest BCUT2D eigenvalue weighted by atomic mass is 10.1. The zero-order valence-electron chi connectivity index (χ0n) is 8.95. The predicted molar refractivity (Wildman–Crippen MR) is 65.1 cm³/mol. The van der Waals surface area contributed by atoms with Gasteiger partial charge in [-0.3, -0.25) is 0 Å². The molecule has 1 atom stereocenters. The van der Waals surface area contributed by atoms with Crippen LogP contribution in [0, 0.1) is 5.92 Å². The van der Waals surface area contributed by atoms with Crippen LogP contribution in [0.3, 0.4) is 0 Å². The Kier molecular flexibility index (Phi) is 5.73. The van der Waals surface area contributed by atoms with Gasteiger partial charge in [0.2, 0.25) is 0 Å². The molecule has 0 fully saturated rings. The second kappa shape index (κ2) is 6.85. The van der Waals surface area contributed by atoms with Crippen LogP contribution in [0.4, 0.5) is 0 Å². The molecule has 0 amide bonds. The van der Waals surface area contributed by atoms with Gasteiger partial charge in [-0.1, -0.05) is 25.5 Å². The van der Waals surface area contributed by atoms with Crippen molar-refractivity contribution in [3.8, 4) is 5.75 Å². The van der Waals surface area contributed by atoms with E-state index in [0.717, 1.165) is 23.1 Å². The Hall–Kier alpha value is -0.540. The first-order valence-corrected chi connectivity index (χ1v) is 6.05. The Balaban J connectivity index is 2.45. The highest BCUT2D eigenvalue weighted by Gasteiger charge is 2.08. The highest BCUT2D eigenvalue weighted by molar-refractivity contribution is 9.10. The Morgan fingerprint density at radius 2 is 2.13 bits per heavy atom. The van der Waals surface area contributed by atoms with Gasteiger partial charge in [-0.2, -0.15) is 0 Å². The fraction of sp³-hybridized carbons (Fsp3) is 0.500. The fourth-order valence-corrected chi connectivity index (χ4v) is 1.80. The third-order valence-electron chi connectivity index (χ3n) is 2.27. The van der Waals surface area contributed by atoms with Gasteiger partial charge in [-0.25, -0.2) is 0 Å². The third-order valence-corrected chi connectivity index (χ3v) is 2.92. The molecule has 0 radical (unpaired) electrons. The first kappa shape index (κ1) is 12.5. The standard InChI is InChI=1S/C12H17BrO2/c1-2-5-10(8-14)9-15-12-7-4-3-6-11(12)13/h3-4,6-7,10,14H,2,5,8-9H2,1H3. The van der Waals surface area contributed by atoms with Crippen molar-refractivity contribution in [1.82, 2.24) is 0 Å². The normalized spacial score (nSPS) is 12.5. The predicted octanol–water partition coefficient (Wildman–Crippen LogP) is 3.24. The van der Waals surface area contributed by atoms with Crippen LogP contribution in [0.1, 0.15) is 19.8 Å². The molecule has 1 N–H and O–H groups in total. The van der Waals surface area contributed by atoms with Crippen molar-refractivity contribution in [2.24, 2.45) is 5.92 Å². The average molecular weight is 273 g/mol. The molecule has 0 aromatic heterocycles. The molecule has 1 unspecified atom stereocenters.